The van der Waals surface area contributed by atoms with E-state index in [4.69, 9.17) is 24.2 Å². The van der Waals surface area contributed by atoms with E-state index in [2.05, 4.69) is 5.48 Å². The quantitative estimate of drug-likeness (QED) is 0.217. The maximum atomic E-state index is 11.0. The largest absolute Gasteiger partial charge is 0.497 e. The minimum absolute atomic E-state index is 0.0730. The predicted molar refractivity (Wildman–Crippen MR) is 125 cm³/mol. The van der Waals surface area contributed by atoms with E-state index < -0.39 is 5.97 Å². The van der Waals surface area contributed by atoms with E-state index in [0.717, 1.165) is 17.7 Å². The molecule has 0 aliphatic carbocycles. The highest BCUT2D eigenvalue weighted by Gasteiger charge is 2.07. The summed E-state index contributed by atoms with van der Waals surface area (Å²) in [5.74, 6) is 1.70. The van der Waals surface area contributed by atoms with E-state index in [1.807, 2.05) is 55.5 Å². The number of benzene rings is 3. The molecule has 7 nitrogen and oxygen atoms in total. The maximum Gasteiger partial charge on any atom is 0.307 e. The van der Waals surface area contributed by atoms with Crippen LogP contribution in [0.1, 0.15) is 24.5 Å². The first-order valence-electron chi connectivity index (χ1n) is 10.5. The predicted octanol–water partition coefficient (Wildman–Crippen LogP) is 5.42. The van der Waals surface area contributed by atoms with E-state index in [9.17, 15) is 4.79 Å². The molecule has 0 bridgehead atoms. The molecule has 2 N–H and O–H groups in total. The minimum atomic E-state index is -0.897. The third kappa shape index (κ3) is 7.59. The lowest BCUT2D eigenvalue weighted by molar-refractivity contribution is -0.136. The van der Waals surface area contributed by atoms with E-state index in [1.54, 1.807) is 31.4 Å². The first kappa shape index (κ1) is 23.7. The lowest BCUT2D eigenvalue weighted by atomic mass is 10.1. The van der Waals surface area contributed by atoms with E-state index in [1.165, 1.54) is 6.26 Å². The van der Waals surface area contributed by atoms with Gasteiger partial charge in [-0.1, -0.05) is 31.2 Å². The van der Waals surface area contributed by atoms with Gasteiger partial charge in [0.05, 0.1) is 20.1 Å². The normalized spacial score (nSPS) is 11.0. The number of hydrogen-bond donors (Lipinski definition) is 2. The van der Waals surface area contributed by atoms with Gasteiger partial charge in [0, 0.05) is 5.56 Å². The maximum absolute atomic E-state index is 11.0. The number of ether oxygens (including phenoxy) is 3. The summed E-state index contributed by atoms with van der Waals surface area (Å²) >= 11 is 0. The molecular weight excluding hydrogens is 422 g/mol. The number of hydrogen-bond acceptors (Lipinski definition) is 6. The van der Waals surface area contributed by atoms with Crippen LogP contribution in [0.5, 0.6) is 23.0 Å². The van der Waals surface area contributed by atoms with Crippen molar-refractivity contribution in [1.29, 1.82) is 0 Å². The van der Waals surface area contributed by atoms with E-state index in [-0.39, 0.29) is 6.42 Å². The molecule has 0 fully saturated rings. The molecule has 0 saturated heterocycles. The van der Waals surface area contributed by atoms with Crippen LogP contribution in [0.2, 0.25) is 0 Å². The third-order valence-electron chi connectivity index (χ3n) is 4.50. The van der Waals surface area contributed by atoms with Gasteiger partial charge >= 0.3 is 5.97 Å². The second-order valence-electron chi connectivity index (χ2n) is 7.12. The van der Waals surface area contributed by atoms with Crippen molar-refractivity contribution >= 4 is 11.7 Å². The molecule has 0 aromatic heterocycles. The van der Waals surface area contributed by atoms with Crippen LogP contribution < -0.4 is 19.7 Å². The summed E-state index contributed by atoms with van der Waals surface area (Å²) < 4.78 is 16.9. The molecular formula is C26H27NO6. The van der Waals surface area contributed by atoms with Gasteiger partial charge < -0.3 is 19.3 Å². The van der Waals surface area contributed by atoms with Crippen molar-refractivity contribution in [2.45, 2.75) is 19.8 Å². The molecule has 7 heteroatoms. The molecule has 0 spiro atoms. The van der Waals surface area contributed by atoms with Gasteiger partial charge in [-0.25, -0.2) is 0 Å². The number of carboxylic acid groups (broad SMARTS) is 1. The molecule has 0 amide bonds. The molecule has 0 aliphatic heterocycles. The highest BCUT2D eigenvalue weighted by atomic mass is 16.6. The first-order valence-corrected chi connectivity index (χ1v) is 10.5. The third-order valence-corrected chi connectivity index (χ3v) is 4.50. The Labute approximate surface area is 193 Å². The Balaban J connectivity index is 1.79. The number of nitrogens with one attached hydrogen (secondary N) is 1. The van der Waals surface area contributed by atoms with Gasteiger partial charge in [0.2, 0.25) is 0 Å². The van der Waals surface area contributed by atoms with Crippen molar-refractivity contribution in [2.24, 2.45) is 0 Å². The highest BCUT2D eigenvalue weighted by Crippen LogP contribution is 2.26. The number of rotatable bonds is 12. The lowest BCUT2D eigenvalue weighted by Crippen LogP contribution is -2.14. The van der Waals surface area contributed by atoms with Crippen molar-refractivity contribution < 1.29 is 28.9 Å². The van der Waals surface area contributed by atoms with Crippen LogP contribution in [0.25, 0.3) is 5.70 Å². The summed E-state index contributed by atoms with van der Waals surface area (Å²) in [7, 11) is 1.62. The average molecular weight is 450 g/mol. The van der Waals surface area contributed by atoms with Crippen LogP contribution in [-0.4, -0.2) is 24.8 Å². The molecule has 0 aliphatic rings. The van der Waals surface area contributed by atoms with Gasteiger partial charge in [0.1, 0.15) is 35.0 Å². The molecule has 0 heterocycles. The Kier molecular flexibility index (Phi) is 8.73. The molecule has 0 atom stereocenters. The van der Waals surface area contributed by atoms with Gasteiger partial charge in [0.25, 0.3) is 0 Å². The summed E-state index contributed by atoms with van der Waals surface area (Å²) in [4.78, 5) is 16.5. The number of hydroxylamine groups is 1. The molecule has 0 saturated carbocycles. The topological polar surface area (TPSA) is 86.3 Å². The zero-order valence-electron chi connectivity index (χ0n) is 18.6. The summed E-state index contributed by atoms with van der Waals surface area (Å²) in [5.41, 5.74) is 4.96. The Bertz CT molecular complexity index is 1080. The smallest absolute Gasteiger partial charge is 0.307 e. The SMILES string of the molecule is CCCONC(=COc1cccc(CC(=O)O)c1)c1cccc(Oc2ccc(OC)cc2)c1. The second-order valence-corrected chi connectivity index (χ2v) is 7.12. The van der Waals surface area contributed by atoms with Gasteiger partial charge in [-0.15, -0.1) is 0 Å². The lowest BCUT2D eigenvalue weighted by Gasteiger charge is -2.13. The van der Waals surface area contributed by atoms with E-state index in [0.29, 0.717) is 35.1 Å². The van der Waals surface area contributed by atoms with Crippen molar-refractivity contribution in [3.63, 3.8) is 0 Å². The molecule has 0 unspecified atom stereocenters. The van der Waals surface area contributed by atoms with Crippen LogP contribution in [-0.2, 0) is 16.1 Å². The fraction of sp³-hybridized carbons (Fsp3) is 0.192. The second kappa shape index (κ2) is 12.2. The number of carbonyl (C=O) groups is 1. The first-order chi connectivity index (χ1) is 16.1. The zero-order chi connectivity index (χ0) is 23.5. The minimum Gasteiger partial charge on any atom is -0.497 e. The average Bonchev–Trinajstić information content (AvgIpc) is 2.82. The molecule has 33 heavy (non-hydrogen) atoms. The van der Waals surface area contributed by atoms with Crippen molar-refractivity contribution in [2.75, 3.05) is 13.7 Å². The molecule has 172 valence electrons. The summed E-state index contributed by atoms with van der Waals surface area (Å²) in [6, 6.07) is 21.8. The highest BCUT2D eigenvalue weighted by molar-refractivity contribution is 5.70. The van der Waals surface area contributed by atoms with Gasteiger partial charge in [-0.05, 0) is 60.5 Å². The van der Waals surface area contributed by atoms with Crippen molar-refractivity contribution in [3.05, 3.63) is 90.2 Å². The van der Waals surface area contributed by atoms with Crippen LogP contribution in [0.3, 0.4) is 0 Å². The molecule has 3 aromatic rings. The Hall–Kier alpha value is -3.97. The number of carboxylic acids is 1. The zero-order valence-corrected chi connectivity index (χ0v) is 18.6. The van der Waals surface area contributed by atoms with Crippen LogP contribution in [0.4, 0.5) is 0 Å². The monoisotopic (exact) mass is 449 g/mol. The Morgan fingerprint density at radius 3 is 2.39 bits per heavy atom. The standard InChI is InChI=1S/C26H27NO6/c1-3-14-32-27-25(18-31-23-8-4-6-19(15-23)16-26(28)29)20-7-5-9-24(17-20)33-22-12-10-21(30-2)11-13-22/h4-13,15,17-18,27H,3,14,16H2,1-2H3,(H,28,29). The summed E-state index contributed by atoms with van der Waals surface area (Å²) in [6.07, 6.45) is 2.30. The van der Waals surface area contributed by atoms with Crippen molar-refractivity contribution in [3.8, 4) is 23.0 Å². The molecule has 3 aromatic carbocycles. The Morgan fingerprint density at radius 1 is 0.939 bits per heavy atom. The van der Waals surface area contributed by atoms with Gasteiger partial charge in [0.15, 0.2) is 0 Å². The molecule has 0 radical (unpaired) electrons. The summed E-state index contributed by atoms with van der Waals surface area (Å²) in [5, 5.41) is 9.01. The molecule has 3 rings (SSSR count). The van der Waals surface area contributed by atoms with Crippen molar-refractivity contribution in [1.82, 2.24) is 5.48 Å². The van der Waals surface area contributed by atoms with E-state index >= 15 is 0 Å². The summed E-state index contributed by atoms with van der Waals surface area (Å²) in [6.45, 7) is 2.53. The fourth-order valence-corrected chi connectivity index (χ4v) is 2.92. The van der Waals surface area contributed by atoms with Gasteiger partial charge in [-0.3, -0.25) is 15.1 Å². The number of aliphatic carboxylic acids is 1. The fourth-order valence-electron chi connectivity index (χ4n) is 2.92. The van der Waals surface area contributed by atoms with Crippen LogP contribution in [0, 0.1) is 0 Å². The Morgan fingerprint density at radius 2 is 1.67 bits per heavy atom. The van der Waals surface area contributed by atoms with Gasteiger partial charge in [-0.2, -0.15) is 0 Å². The van der Waals surface area contributed by atoms with Crippen LogP contribution >= 0.6 is 0 Å². The number of methoxy groups -OCH3 is 1. The van der Waals surface area contributed by atoms with Crippen LogP contribution in [0.15, 0.2) is 79.1 Å².